The number of ether oxygens (including phenoxy) is 1. The summed E-state index contributed by atoms with van der Waals surface area (Å²) in [7, 11) is -3.07. The summed E-state index contributed by atoms with van der Waals surface area (Å²) >= 11 is 0. The van der Waals surface area contributed by atoms with Crippen molar-refractivity contribution in [1.29, 1.82) is 0 Å². The lowest BCUT2D eigenvalue weighted by atomic mass is 10.1. The number of carbonyl (C=O) groups is 1. The quantitative estimate of drug-likeness (QED) is 0.302. The number of nitrogens with two attached hydrogens (primary N) is 1. The molecule has 0 bridgehead atoms. The molecular weight excluding hydrogens is 317 g/mol. The van der Waals surface area contributed by atoms with E-state index in [1.54, 1.807) is 44.2 Å². The van der Waals surface area contributed by atoms with Gasteiger partial charge in [0.15, 0.2) is 5.78 Å². The average molecular weight is 341 g/mol. The van der Waals surface area contributed by atoms with Gasteiger partial charge in [-0.1, -0.05) is 12.2 Å². The van der Waals surface area contributed by atoms with Crippen molar-refractivity contribution in [3.63, 3.8) is 0 Å². The summed E-state index contributed by atoms with van der Waals surface area (Å²) in [5, 5.41) is 0. The highest BCUT2D eigenvalue weighted by Gasteiger charge is 2.20. The normalized spacial score (nSPS) is 11.8. The van der Waals surface area contributed by atoms with Crippen LogP contribution < -0.4 is 10.5 Å². The van der Waals surface area contributed by atoms with Crippen LogP contribution in [0.4, 0.5) is 5.69 Å². The van der Waals surface area contributed by atoms with Crippen LogP contribution in [0.25, 0.3) is 0 Å². The van der Waals surface area contributed by atoms with E-state index in [-0.39, 0.29) is 18.6 Å². The van der Waals surface area contributed by atoms with Crippen LogP contribution in [0.3, 0.4) is 0 Å². The van der Waals surface area contributed by atoms with Gasteiger partial charge in [0.1, 0.15) is 12.4 Å². The Bertz CT molecular complexity index is 590. The summed E-state index contributed by atoms with van der Waals surface area (Å²) < 4.78 is 28.1. The Morgan fingerprint density at radius 1 is 1.17 bits per heavy atom. The highest BCUT2D eigenvalue weighted by Crippen LogP contribution is 2.47. The molecule has 1 rings (SSSR count). The van der Waals surface area contributed by atoms with Gasteiger partial charge in [-0.25, -0.2) is 0 Å². The fourth-order valence-corrected chi connectivity index (χ4v) is 3.34. The SMILES string of the molecule is CCOP(=O)(CC=CCOc1cc(N)cc(C(C)=O)c1)OCC. The smallest absolute Gasteiger partial charge is 0.334 e. The maximum Gasteiger partial charge on any atom is 0.334 e. The number of ketones is 1. The zero-order valence-corrected chi connectivity index (χ0v) is 14.7. The molecule has 23 heavy (non-hydrogen) atoms. The number of nitrogen functional groups attached to an aromatic ring is 1. The molecule has 0 fully saturated rings. The molecule has 7 heteroatoms. The maximum atomic E-state index is 12.2. The van der Waals surface area contributed by atoms with Crippen molar-refractivity contribution in [2.75, 3.05) is 31.7 Å². The Hall–Kier alpha value is -1.62. The lowest BCUT2D eigenvalue weighted by Crippen LogP contribution is -2.00. The molecule has 1 aromatic carbocycles. The number of allylic oxidation sites excluding steroid dienone is 1. The Kier molecular flexibility index (Phi) is 8.03. The second kappa shape index (κ2) is 9.50. The Balaban J connectivity index is 2.56. The molecule has 0 saturated carbocycles. The van der Waals surface area contributed by atoms with Gasteiger partial charge in [-0.15, -0.1) is 0 Å². The van der Waals surface area contributed by atoms with E-state index >= 15 is 0 Å². The highest BCUT2D eigenvalue weighted by molar-refractivity contribution is 7.54. The lowest BCUT2D eigenvalue weighted by Gasteiger charge is -2.14. The first-order valence-electron chi connectivity index (χ1n) is 7.47. The van der Waals surface area contributed by atoms with Gasteiger partial charge in [0.2, 0.25) is 0 Å². The molecule has 1 aromatic rings. The first kappa shape index (κ1) is 19.4. The van der Waals surface area contributed by atoms with Crippen molar-refractivity contribution in [1.82, 2.24) is 0 Å². The summed E-state index contributed by atoms with van der Waals surface area (Å²) in [6, 6.07) is 4.88. The third-order valence-corrected chi connectivity index (χ3v) is 4.79. The second-order valence-electron chi connectivity index (χ2n) is 4.76. The predicted octanol–water partition coefficient (Wildman–Crippen LogP) is 3.67. The Labute approximate surface area is 137 Å². The van der Waals surface area contributed by atoms with Crippen molar-refractivity contribution < 1.29 is 23.1 Å². The molecule has 0 radical (unpaired) electrons. The molecule has 6 nitrogen and oxygen atoms in total. The van der Waals surface area contributed by atoms with Crippen LogP contribution >= 0.6 is 7.60 Å². The molecule has 0 aromatic heterocycles. The minimum Gasteiger partial charge on any atom is -0.489 e. The predicted molar refractivity (Wildman–Crippen MR) is 91.2 cm³/mol. The lowest BCUT2D eigenvalue weighted by molar-refractivity contribution is 0.101. The van der Waals surface area contributed by atoms with E-state index in [2.05, 4.69) is 0 Å². The van der Waals surface area contributed by atoms with E-state index in [9.17, 15) is 9.36 Å². The van der Waals surface area contributed by atoms with Crippen molar-refractivity contribution >= 4 is 19.1 Å². The fraction of sp³-hybridized carbons (Fsp3) is 0.438. The van der Waals surface area contributed by atoms with Gasteiger partial charge in [-0.05, 0) is 32.9 Å². The van der Waals surface area contributed by atoms with Crippen LogP contribution in [0, 0.1) is 0 Å². The summed E-state index contributed by atoms with van der Waals surface area (Å²) in [6.45, 7) is 5.93. The summed E-state index contributed by atoms with van der Waals surface area (Å²) in [6.07, 6.45) is 3.61. The van der Waals surface area contributed by atoms with Gasteiger partial charge in [0, 0.05) is 17.3 Å². The fourth-order valence-electron chi connectivity index (χ4n) is 1.86. The first-order valence-corrected chi connectivity index (χ1v) is 9.20. The van der Waals surface area contributed by atoms with Crippen LogP contribution in [0.2, 0.25) is 0 Å². The van der Waals surface area contributed by atoms with E-state index in [1.165, 1.54) is 6.92 Å². The van der Waals surface area contributed by atoms with E-state index in [0.29, 0.717) is 30.2 Å². The minimum atomic E-state index is -3.07. The van der Waals surface area contributed by atoms with Crippen LogP contribution in [-0.2, 0) is 13.6 Å². The van der Waals surface area contributed by atoms with Crippen LogP contribution in [0.1, 0.15) is 31.1 Å². The van der Waals surface area contributed by atoms with Crippen molar-refractivity contribution in [2.24, 2.45) is 0 Å². The molecule has 0 aliphatic heterocycles. The largest absolute Gasteiger partial charge is 0.489 e. The molecule has 0 atom stereocenters. The number of hydrogen-bond donors (Lipinski definition) is 1. The minimum absolute atomic E-state index is 0.0768. The summed E-state index contributed by atoms with van der Waals surface area (Å²) in [5.74, 6) is 0.435. The average Bonchev–Trinajstić information content (AvgIpc) is 2.46. The van der Waals surface area contributed by atoms with Gasteiger partial charge in [0.25, 0.3) is 0 Å². The van der Waals surface area contributed by atoms with E-state index in [1.807, 2.05) is 0 Å². The number of carbonyl (C=O) groups excluding carboxylic acids is 1. The van der Waals surface area contributed by atoms with Gasteiger partial charge < -0.3 is 19.5 Å². The molecule has 0 amide bonds. The number of hydrogen-bond acceptors (Lipinski definition) is 6. The zero-order chi connectivity index (χ0) is 17.3. The standard InChI is InChI=1S/C16H24NO5P/c1-4-21-23(19,22-5-2)9-7-6-8-20-16-11-14(13(3)18)10-15(17)12-16/h6-7,10-12H,4-5,8-9,17H2,1-3H3. The third kappa shape index (κ3) is 6.99. The van der Waals surface area contributed by atoms with Gasteiger partial charge in [-0.3, -0.25) is 9.36 Å². The molecule has 2 N–H and O–H groups in total. The van der Waals surface area contributed by atoms with E-state index in [4.69, 9.17) is 19.5 Å². The molecule has 0 aliphatic rings. The van der Waals surface area contributed by atoms with Crippen molar-refractivity contribution in [2.45, 2.75) is 20.8 Å². The van der Waals surface area contributed by atoms with E-state index in [0.717, 1.165) is 0 Å². The number of rotatable bonds is 10. The van der Waals surface area contributed by atoms with Gasteiger partial charge in [0.05, 0.1) is 19.4 Å². The summed E-state index contributed by atoms with van der Waals surface area (Å²) in [5.41, 5.74) is 6.70. The topological polar surface area (TPSA) is 87.9 Å². The van der Waals surface area contributed by atoms with Crippen LogP contribution in [0.15, 0.2) is 30.4 Å². The summed E-state index contributed by atoms with van der Waals surface area (Å²) in [4.78, 5) is 11.4. The molecular formula is C16H24NO5P. The van der Waals surface area contributed by atoms with Gasteiger partial charge >= 0.3 is 7.60 Å². The number of benzene rings is 1. The van der Waals surface area contributed by atoms with Crippen molar-refractivity contribution in [3.8, 4) is 5.75 Å². The Morgan fingerprint density at radius 2 is 1.83 bits per heavy atom. The molecule has 0 heterocycles. The number of anilines is 1. The monoisotopic (exact) mass is 341 g/mol. The Morgan fingerprint density at radius 3 is 2.39 bits per heavy atom. The van der Waals surface area contributed by atoms with E-state index < -0.39 is 7.60 Å². The van der Waals surface area contributed by atoms with Gasteiger partial charge in [-0.2, -0.15) is 0 Å². The second-order valence-corrected chi connectivity index (χ2v) is 6.86. The molecule has 128 valence electrons. The molecule has 0 unspecified atom stereocenters. The third-order valence-electron chi connectivity index (χ3n) is 2.83. The van der Waals surface area contributed by atoms with Crippen LogP contribution in [-0.4, -0.2) is 31.8 Å². The maximum absolute atomic E-state index is 12.2. The highest BCUT2D eigenvalue weighted by atomic mass is 31.2. The molecule has 0 spiro atoms. The number of Topliss-reactive ketones (excluding diaryl/α,β-unsaturated/α-hetero) is 1. The van der Waals surface area contributed by atoms with Crippen LogP contribution in [0.5, 0.6) is 5.75 Å². The zero-order valence-electron chi connectivity index (χ0n) is 13.8. The first-order chi connectivity index (χ1) is 10.9. The molecule has 0 saturated heterocycles. The molecule has 0 aliphatic carbocycles. The van der Waals surface area contributed by atoms with Crippen molar-refractivity contribution in [3.05, 3.63) is 35.9 Å².